The minimum Gasteiger partial charge on any atom is -0.462 e. The number of ether oxygens (including phenoxy) is 2. The van der Waals surface area contributed by atoms with Crippen molar-refractivity contribution in [2.45, 2.75) is 32.6 Å². The lowest BCUT2D eigenvalue weighted by Gasteiger charge is -2.07. The molecule has 0 aliphatic rings. The summed E-state index contributed by atoms with van der Waals surface area (Å²) < 4.78 is 11.2. The highest BCUT2D eigenvalue weighted by molar-refractivity contribution is 9.10. The van der Waals surface area contributed by atoms with Crippen LogP contribution in [0.25, 0.3) is 0 Å². The number of hydrogen-bond donors (Lipinski definition) is 0. The lowest BCUT2D eigenvalue weighted by Crippen LogP contribution is -2.09. The first-order valence-electron chi connectivity index (χ1n) is 8.20. The molecule has 0 N–H and O–H groups in total. The maximum absolute atomic E-state index is 12.0. The molecule has 25 heavy (non-hydrogen) atoms. The van der Waals surface area contributed by atoms with Crippen LogP contribution in [0.15, 0.2) is 47.2 Å². The van der Waals surface area contributed by atoms with Crippen LogP contribution in [0.5, 0.6) is 5.75 Å². The zero-order valence-electron chi connectivity index (χ0n) is 14.0. The molecule has 6 heteroatoms. The fraction of sp³-hybridized carbons (Fsp3) is 0.316. The van der Waals surface area contributed by atoms with Gasteiger partial charge in [-0.05, 0) is 52.7 Å². The zero-order valence-corrected chi connectivity index (χ0v) is 15.6. The molecule has 0 fully saturated rings. The summed E-state index contributed by atoms with van der Waals surface area (Å²) in [4.78, 5) is 27.9. The summed E-state index contributed by atoms with van der Waals surface area (Å²) >= 11 is 3.25. The average molecular weight is 406 g/mol. The lowest BCUT2D eigenvalue weighted by atomic mass is 10.2. The predicted octanol–water partition coefficient (Wildman–Crippen LogP) is 4.80. The quantitative estimate of drug-likeness (QED) is 0.358. The van der Waals surface area contributed by atoms with Gasteiger partial charge in [0.15, 0.2) is 0 Å². The van der Waals surface area contributed by atoms with Crippen molar-refractivity contribution in [2.24, 2.45) is 0 Å². The second kappa shape index (κ2) is 9.93. The number of aromatic nitrogens is 1. The Hall–Kier alpha value is -2.21. The highest BCUT2D eigenvalue weighted by atomic mass is 79.9. The van der Waals surface area contributed by atoms with E-state index in [2.05, 4.69) is 27.8 Å². The minimum absolute atomic E-state index is 0.338. The molecule has 0 saturated carbocycles. The van der Waals surface area contributed by atoms with Crippen LogP contribution in [0.1, 0.15) is 53.3 Å². The molecular weight excluding hydrogens is 386 g/mol. The van der Waals surface area contributed by atoms with Gasteiger partial charge >= 0.3 is 11.9 Å². The van der Waals surface area contributed by atoms with Crippen LogP contribution < -0.4 is 4.74 Å². The molecule has 2 aromatic rings. The second-order valence-electron chi connectivity index (χ2n) is 5.50. The third-order valence-electron chi connectivity index (χ3n) is 3.47. The van der Waals surface area contributed by atoms with Crippen molar-refractivity contribution in [3.63, 3.8) is 0 Å². The van der Waals surface area contributed by atoms with Crippen molar-refractivity contribution in [3.05, 3.63) is 58.3 Å². The highest BCUT2D eigenvalue weighted by Crippen LogP contribution is 2.16. The van der Waals surface area contributed by atoms with Gasteiger partial charge in [0.25, 0.3) is 0 Å². The predicted molar refractivity (Wildman–Crippen MR) is 97.8 cm³/mol. The van der Waals surface area contributed by atoms with Crippen molar-refractivity contribution in [2.75, 3.05) is 6.61 Å². The summed E-state index contributed by atoms with van der Waals surface area (Å²) in [7, 11) is 0. The van der Waals surface area contributed by atoms with Gasteiger partial charge in [-0.25, -0.2) is 9.59 Å². The number of nitrogens with zero attached hydrogens (tertiary/aromatic N) is 1. The summed E-state index contributed by atoms with van der Waals surface area (Å²) in [5.41, 5.74) is 0.768. The van der Waals surface area contributed by atoms with Gasteiger partial charge < -0.3 is 9.47 Å². The van der Waals surface area contributed by atoms with Gasteiger partial charge in [0, 0.05) is 16.9 Å². The molecule has 0 saturated heterocycles. The maximum atomic E-state index is 12.0. The summed E-state index contributed by atoms with van der Waals surface area (Å²) in [6.45, 7) is 2.55. The normalized spacial score (nSPS) is 10.3. The summed E-state index contributed by atoms with van der Waals surface area (Å²) in [6, 6.07) is 7.92. The molecule has 1 aromatic heterocycles. The molecule has 0 atom stereocenters. The van der Waals surface area contributed by atoms with Crippen LogP contribution in [0, 0.1) is 0 Å². The fourth-order valence-electron chi connectivity index (χ4n) is 2.13. The average Bonchev–Trinajstić information content (AvgIpc) is 2.62. The van der Waals surface area contributed by atoms with Crippen LogP contribution in [-0.2, 0) is 4.74 Å². The molecule has 1 heterocycles. The molecule has 0 bridgehead atoms. The smallest absolute Gasteiger partial charge is 0.345 e. The fourth-order valence-corrected chi connectivity index (χ4v) is 2.49. The van der Waals surface area contributed by atoms with E-state index in [9.17, 15) is 9.59 Å². The Kier molecular flexibility index (Phi) is 7.60. The van der Waals surface area contributed by atoms with Gasteiger partial charge in [0.1, 0.15) is 5.75 Å². The Morgan fingerprint density at radius 3 is 2.44 bits per heavy atom. The van der Waals surface area contributed by atoms with E-state index < -0.39 is 5.97 Å². The second-order valence-corrected chi connectivity index (χ2v) is 6.42. The van der Waals surface area contributed by atoms with Crippen LogP contribution >= 0.6 is 15.9 Å². The van der Waals surface area contributed by atoms with E-state index in [-0.39, 0.29) is 5.97 Å². The van der Waals surface area contributed by atoms with Crippen LogP contribution in [-0.4, -0.2) is 23.5 Å². The lowest BCUT2D eigenvalue weighted by molar-refractivity contribution is 0.0497. The largest absolute Gasteiger partial charge is 0.462 e. The van der Waals surface area contributed by atoms with Crippen molar-refractivity contribution in [3.8, 4) is 5.75 Å². The maximum Gasteiger partial charge on any atom is 0.345 e. The van der Waals surface area contributed by atoms with Crippen molar-refractivity contribution < 1.29 is 19.1 Å². The first-order chi connectivity index (χ1) is 12.1. The highest BCUT2D eigenvalue weighted by Gasteiger charge is 2.11. The van der Waals surface area contributed by atoms with Crippen LogP contribution in [0.3, 0.4) is 0 Å². The SMILES string of the molecule is CCCCCCOC(=O)c1ccc(OC(=O)c2cncc(Br)c2)cc1. The van der Waals surface area contributed by atoms with Gasteiger partial charge in [-0.3, -0.25) is 4.98 Å². The zero-order chi connectivity index (χ0) is 18.1. The van der Waals surface area contributed by atoms with E-state index in [1.54, 1.807) is 36.5 Å². The third kappa shape index (κ3) is 6.31. The van der Waals surface area contributed by atoms with Crippen molar-refractivity contribution >= 4 is 27.9 Å². The Labute approximate surface area is 155 Å². The number of rotatable bonds is 8. The molecule has 2 rings (SSSR count). The summed E-state index contributed by atoms with van der Waals surface area (Å²) in [6.07, 6.45) is 7.23. The van der Waals surface area contributed by atoms with E-state index in [0.29, 0.717) is 28.0 Å². The molecule has 1 aromatic carbocycles. The standard InChI is InChI=1S/C19H20BrNO4/c1-2-3-4-5-10-24-18(22)14-6-8-17(9-7-14)25-19(23)15-11-16(20)13-21-12-15/h6-9,11-13H,2-5,10H2,1H3. The van der Waals surface area contributed by atoms with Crippen LogP contribution in [0.2, 0.25) is 0 Å². The summed E-state index contributed by atoms with van der Waals surface area (Å²) in [5, 5.41) is 0. The number of esters is 2. The number of unbranched alkanes of at least 4 members (excludes halogenated alkanes) is 3. The summed E-state index contributed by atoms with van der Waals surface area (Å²) in [5.74, 6) is -0.532. The third-order valence-corrected chi connectivity index (χ3v) is 3.91. The molecular formula is C19H20BrNO4. The Bertz CT molecular complexity index is 716. The van der Waals surface area contributed by atoms with Crippen LogP contribution in [0.4, 0.5) is 0 Å². The first kappa shape index (κ1) is 19.1. The molecule has 0 unspecified atom stereocenters. The number of halogens is 1. The van der Waals surface area contributed by atoms with Gasteiger partial charge in [0.2, 0.25) is 0 Å². The molecule has 132 valence electrons. The molecule has 0 amide bonds. The Morgan fingerprint density at radius 1 is 1.00 bits per heavy atom. The van der Waals surface area contributed by atoms with E-state index in [1.807, 2.05) is 0 Å². The number of hydrogen-bond acceptors (Lipinski definition) is 5. The van der Waals surface area contributed by atoms with E-state index >= 15 is 0 Å². The van der Waals surface area contributed by atoms with E-state index in [4.69, 9.17) is 9.47 Å². The topological polar surface area (TPSA) is 65.5 Å². The van der Waals surface area contributed by atoms with Gasteiger partial charge in [0.05, 0.1) is 17.7 Å². The van der Waals surface area contributed by atoms with Gasteiger partial charge in [-0.2, -0.15) is 0 Å². The Balaban J connectivity index is 1.86. The Morgan fingerprint density at radius 2 is 1.76 bits per heavy atom. The first-order valence-corrected chi connectivity index (χ1v) is 8.99. The number of benzene rings is 1. The van der Waals surface area contributed by atoms with E-state index in [1.165, 1.54) is 6.20 Å². The van der Waals surface area contributed by atoms with Crippen molar-refractivity contribution in [1.29, 1.82) is 0 Å². The van der Waals surface area contributed by atoms with Gasteiger partial charge in [-0.15, -0.1) is 0 Å². The number of carbonyl (C=O) groups is 2. The monoisotopic (exact) mass is 405 g/mol. The van der Waals surface area contributed by atoms with E-state index in [0.717, 1.165) is 25.7 Å². The molecule has 5 nitrogen and oxygen atoms in total. The minimum atomic E-state index is -0.514. The number of pyridine rings is 1. The number of carbonyl (C=O) groups excluding carboxylic acids is 2. The molecule has 0 radical (unpaired) electrons. The van der Waals surface area contributed by atoms with Gasteiger partial charge in [-0.1, -0.05) is 26.2 Å². The molecule has 0 aliphatic heterocycles. The molecule has 0 aliphatic carbocycles. The molecule has 0 spiro atoms. The van der Waals surface area contributed by atoms with Crippen molar-refractivity contribution in [1.82, 2.24) is 4.98 Å².